The number of nitrogens with one attached hydrogen (secondary N) is 1. The Morgan fingerprint density at radius 1 is 1.02 bits per heavy atom. The van der Waals surface area contributed by atoms with Crippen LogP contribution in [0, 0.1) is 0 Å². The maximum atomic E-state index is 6.02. The number of likely N-dealkylation sites (tertiary alicyclic amines) is 1. The summed E-state index contributed by atoms with van der Waals surface area (Å²) < 4.78 is 8.14. The summed E-state index contributed by atoms with van der Waals surface area (Å²) in [5, 5.41) is 3.54. The second-order valence-corrected chi connectivity index (χ2v) is 10.9. The number of imidazole rings is 1. The van der Waals surface area contributed by atoms with Crippen LogP contribution in [0.3, 0.4) is 0 Å². The number of hydrogen-bond acceptors (Lipinski definition) is 7. The molecule has 0 saturated carbocycles. The van der Waals surface area contributed by atoms with Crippen LogP contribution in [0.2, 0.25) is 0 Å². The first-order valence-corrected chi connectivity index (χ1v) is 14.3. The Hall–Kier alpha value is -4.17. The Balaban J connectivity index is 1.08. The van der Waals surface area contributed by atoms with Crippen LogP contribution >= 0.6 is 0 Å². The van der Waals surface area contributed by atoms with E-state index in [0.717, 1.165) is 79.9 Å². The predicted octanol–water partition coefficient (Wildman–Crippen LogP) is 5.48. The van der Waals surface area contributed by atoms with Crippen LogP contribution in [0.4, 0.5) is 11.8 Å². The molecule has 3 aliphatic rings. The van der Waals surface area contributed by atoms with Crippen molar-refractivity contribution in [2.24, 2.45) is 0 Å². The SMILES string of the molecule is C[C@H](Nc1cc(-c2cc3nccn3c(N3CC4CC3CN4CCOC3=CCCC=C3)n2)ccn1)c1ccccc1. The molecule has 2 aliphatic heterocycles. The zero-order valence-corrected chi connectivity index (χ0v) is 22.9. The zero-order chi connectivity index (χ0) is 26.9. The molecule has 1 aromatic carbocycles. The summed E-state index contributed by atoms with van der Waals surface area (Å²) in [5.41, 5.74) is 4.07. The molecule has 1 aliphatic carbocycles. The second-order valence-electron chi connectivity index (χ2n) is 10.9. The fourth-order valence-electron chi connectivity index (χ4n) is 6.22. The Labute approximate surface area is 235 Å². The van der Waals surface area contributed by atoms with Crippen LogP contribution in [0.1, 0.15) is 37.8 Å². The van der Waals surface area contributed by atoms with Crippen LogP contribution in [0.5, 0.6) is 0 Å². The van der Waals surface area contributed by atoms with Crippen LogP contribution in [0.25, 0.3) is 16.9 Å². The van der Waals surface area contributed by atoms with Gasteiger partial charge >= 0.3 is 0 Å². The zero-order valence-electron chi connectivity index (χ0n) is 22.9. The van der Waals surface area contributed by atoms with Gasteiger partial charge in [-0.05, 0) is 56.0 Å². The van der Waals surface area contributed by atoms with E-state index >= 15 is 0 Å². The first-order valence-electron chi connectivity index (χ1n) is 14.3. The van der Waals surface area contributed by atoms with Crippen molar-refractivity contribution in [3.63, 3.8) is 0 Å². The van der Waals surface area contributed by atoms with E-state index in [-0.39, 0.29) is 6.04 Å². The quantitative estimate of drug-likeness (QED) is 0.306. The van der Waals surface area contributed by atoms with Crippen molar-refractivity contribution in [1.82, 2.24) is 24.3 Å². The number of pyridine rings is 1. The van der Waals surface area contributed by atoms with Crippen LogP contribution in [0.15, 0.2) is 91.1 Å². The molecule has 8 nitrogen and oxygen atoms in total. The molecular formula is C32H35N7O. The fraction of sp³-hybridized carbons (Fsp3) is 0.344. The van der Waals surface area contributed by atoms with Gasteiger partial charge < -0.3 is 15.0 Å². The van der Waals surface area contributed by atoms with Crippen molar-refractivity contribution in [3.8, 4) is 11.3 Å². The summed E-state index contributed by atoms with van der Waals surface area (Å²) in [6.45, 7) is 5.85. The number of allylic oxidation sites excluding steroid dienone is 3. The summed E-state index contributed by atoms with van der Waals surface area (Å²) >= 11 is 0. The lowest BCUT2D eigenvalue weighted by molar-refractivity contribution is 0.149. The third-order valence-electron chi connectivity index (χ3n) is 8.31. The van der Waals surface area contributed by atoms with E-state index in [0.29, 0.717) is 12.1 Å². The van der Waals surface area contributed by atoms with Crippen molar-refractivity contribution in [2.75, 3.05) is 36.5 Å². The van der Waals surface area contributed by atoms with Gasteiger partial charge in [-0.15, -0.1) is 0 Å². The van der Waals surface area contributed by atoms with Crippen molar-refractivity contribution in [1.29, 1.82) is 0 Å². The van der Waals surface area contributed by atoms with Crippen LogP contribution in [-0.2, 0) is 4.74 Å². The summed E-state index contributed by atoms with van der Waals surface area (Å²) in [4.78, 5) is 19.5. The monoisotopic (exact) mass is 533 g/mol. The fourth-order valence-corrected chi connectivity index (χ4v) is 6.22. The predicted molar refractivity (Wildman–Crippen MR) is 158 cm³/mol. The van der Waals surface area contributed by atoms with Crippen molar-refractivity contribution in [2.45, 2.75) is 44.3 Å². The van der Waals surface area contributed by atoms with Crippen molar-refractivity contribution >= 4 is 17.4 Å². The molecule has 3 atom stereocenters. The molecule has 0 spiro atoms. The lowest BCUT2D eigenvalue weighted by Gasteiger charge is -2.35. The molecule has 4 aromatic rings. The van der Waals surface area contributed by atoms with Crippen molar-refractivity contribution < 1.29 is 4.74 Å². The maximum absolute atomic E-state index is 6.02. The molecule has 204 valence electrons. The Kier molecular flexibility index (Phi) is 6.69. The Morgan fingerprint density at radius 3 is 2.77 bits per heavy atom. The third kappa shape index (κ3) is 4.95. The lowest BCUT2D eigenvalue weighted by atomic mass is 10.1. The highest BCUT2D eigenvalue weighted by atomic mass is 16.5. The molecule has 7 rings (SSSR count). The number of aromatic nitrogens is 4. The van der Waals surface area contributed by atoms with E-state index in [1.807, 2.05) is 30.7 Å². The first-order chi connectivity index (χ1) is 19.7. The van der Waals surface area contributed by atoms with Gasteiger partial charge in [0.1, 0.15) is 23.8 Å². The first kappa shape index (κ1) is 24.8. The van der Waals surface area contributed by atoms with Crippen molar-refractivity contribution in [3.05, 3.63) is 96.7 Å². The molecule has 40 heavy (non-hydrogen) atoms. The van der Waals surface area contributed by atoms with E-state index < -0.39 is 0 Å². The van der Waals surface area contributed by atoms with Crippen LogP contribution in [-0.4, -0.2) is 62.6 Å². The summed E-state index contributed by atoms with van der Waals surface area (Å²) in [7, 11) is 0. The smallest absolute Gasteiger partial charge is 0.212 e. The van der Waals surface area contributed by atoms with Gasteiger partial charge in [0, 0.05) is 68.0 Å². The van der Waals surface area contributed by atoms with E-state index in [2.05, 4.69) is 91.0 Å². The number of hydrogen-bond donors (Lipinski definition) is 1. The molecule has 2 bridgehead atoms. The normalized spacial score (nSPS) is 21.1. The molecule has 8 heteroatoms. The highest BCUT2D eigenvalue weighted by Crippen LogP contribution is 2.35. The third-order valence-corrected chi connectivity index (χ3v) is 8.31. The topological polar surface area (TPSA) is 70.8 Å². The molecule has 3 aromatic heterocycles. The van der Waals surface area contributed by atoms with Gasteiger partial charge in [-0.3, -0.25) is 9.30 Å². The number of fused-ring (bicyclic) bond motifs is 3. The molecular weight excluding hydrogens is 498 g/mol. The molecule has 5 heterocycles. The Bertz CT molecular complexity index is 1550. The van der Waals surface area contributed by atoms with Gasteiger partial charge in [-0.2, -0.15) is 0 Å². The summed E-state index contributed by atoms with van der Waals surface area (Å²) in [6.07, 6.45) is 15.6. The van der Waals surface area contributed by atoms with Gasteiger partial charge in [-0.1, -0.05) is 36.4 Å². The minimum Gasteiger partial charge on any atom is -0.493 e. The van der Waals surface area contributed by atoms with Gasteiger partial charge in [0.05, 0.1) is 5.69 Å². The summed E-state index contributed by atoms with van der Waals surface area (Å²) in [5.74, 6) is 2.82. The molecule has 2 saturated heterocycles. The number of ether oxygens (including phenoxy) is 1. The maximum Gasteiger partial charge on any atom is 0.212 e. The Morgan fingerprint density at radius 2 is 1.95 bits per heavy atom. The van der Waals surface area contributed by atoms with Gasteiger partial charge in [0.15, 0.2) is 0 Å². The van der Waals surface area contributed by atoms with E-state index in [9.17, 15) is 0 Å². The van der Waals surface area contributed by atoms with E-state index in [1.54, 1.807) is 0 Å². The standard InChI is InChI=1S/C32H35N7O/c1-23(24-8-4-2-5-9-24)35-30-18-25(12-13-33-30)29-20-31-34-14-15-38(31)32(36-29)39-22-26-19-27(39)21-37(26)16-17-40-28-10-6-3-7-11-28/h2,4-6,8-15,18,20,23,26-27H,3,7,16-17,19,21-22H2,1H3,(H,33,35)/t23-,26?,27?/m0/s1. The minimum atomic E-state index is 0.145. The molecule has 2 unspecified atom stereocenters. The molecule has 1 N–H and O–H groups in total. The largest absolute Gasteiger partial charge is 0.493 e. The second kappa shape index (κ2) is 10.8. The number of nitrogens with zero attached hydrogens (tertiary/aromatic N) is 6. The lowest BCUT2D eigenvalue weighted by Crippen LogP contribution is -2.48. The average Bonchev–Trinajstić information content (AvgIpc) is 3.74. The molecule has 0 radical (unpaired) electrons. The average molecular weight is 534 g/mol. The summed E-state index contributed by atoms with van der Waals surface area (Å²) in [6, 6.07) is 17.7. The molecule has 2 fully saturated rings. The van der Waals surface area contributed by atoms with Crippen LogP contribution < -0.4 is 10.2 Å². The van der Waals surface area contributed by atoms with E-state index in [4.69, 9.17) is 9.72 Å². The van der Waals surface area contributed by atoms with Gasteiger partial charge in [-0.25, -0.2) is 15.0 Å². The van der Waals surface area contributed by atoms with Gasteiger partial charge in [0.2, 0.25) is 5.95 Å². The number of rotatable bonds is 9. The van der Waals surface area contributed by atoms with E-state index in [1.165, 1.54) is 5.56 Å². The molecule has 0 amide bonds. The van der Waals surface area contributed by atoms with Gasteiger partial charge in [0.25, 0.3) is 0 Å². The number of piperazine rings is 1. The number of anilines is 2. The highest BCUT2D eigenvalue weighted by molar-refractivity contribution is 5.68. The number of benzene rings is 1. The minimum absolute atomic E-state index is 0.145. The highest BCUT2D eigenvalue weighted by Gasteiger charge is 2.44.